The third-order valence-electron chi connectivity index (χ3n) is 15.1. The molecule has 0 aliphatic heterocycles. The molecule has 0 aliphatic carbocycles. The van der Waals surface area contributed by atoms with Gasteiger partial charge >= 0.3 is 0 Å². The highest BCUT2D eigenvalue weighted by atomic mass is 16.3. The molecule has 2 unspecified atom stereocenters. The van der Waals surface area contributed by atoms with Gasteiger partial charge in [-0.3, -0.25) is 4.79 Å². The van der Waals surface area contributed by atoms with Crippen LogP contribution >= 0.6 is 0 Å². The highest BCUT2D eigenvalue weighted by Gasteiger charge is 2.18. The first-order valence-electron chi connectivity index (χ1n) is 32.2. The lowest BCUT2D eigenvalue weighted by molar-refractivity contribution is -0.123. The largest absolute Gasteiger partial charge is 0.394 e. The Hall–Kier alpha value is -1.39. The van der Waals surface area contributed by atoms with Crippen LogP contribution < -0.4 is 5.32 Å². The smallest absolute Gasteiger partial charge is 0.220 e. The summed E-state index contributed by atoms with van der Waals surface area (Å²) in [5, 5.41) is 23.2. The molecule has 70 heavy (non-hydrogen) atoms. The van der Waals surface area contributed by atoms with Crippen LogP contribution in [-0.2, 0) is 4.79 Å². The third-order valence-corrected chi connectivity index (χ3v) is 15.1. The van der Waals surface area contributed by atoms with Gasteiger partial charge in [0, 0.05) is 6.42 Å². The zero-order valence-electron chi connectivity index (χ0n) is 47.8. The number of carbonyl (C=O) groups excluding carboxylic acids is 1. The van der Waals surface area contributed by atoms with Crippen LogP contribution in [0.25, 0.3) is 0 Å². The number of amides is 1. The first-order valence-corrected chi connectivity index (χ1v) is 32.2. The molecular formula is C66H127NO3. The zero-order chi connectivity index (χ0) is 50.6. The fourth-order valence-corrected chi connectivity index (χ4v) is 10.2. The third kappa shape index (κ3) is 57.5. The molecule has 0 spiro atoms. The zero-order valence-corrected chi connectivity index (χ0v) is 47.8. The van der Waals surface area contributed by atoms with Gasteiger partial charge < -0.3 is 15.5 Å². The Bertz CT molecular complexity index is 1070. The maximum atomic E-state index is 12.5. The van der Waals surface area contributed by atoms with E-state index < -0.39 is 12.1 Å². The Morgan fingerprint density at radius 3 is 0.829 bits per heavy atom. The molecule has 1 amide bonds. The van der Waals surface area contributed by atoms with Crippen LogP contribution in [0.5, 0.6) is 0 Å². The summed E-state index contributed by atoms with van der Waals surface area (Å²) >= 11 is 0. The minimum Gasteiger partial charge on any atom is -0.394 e. The van der Waals surface area contributed by atoms with Crippen LogP contribution in [-0.4, -0.2) is 34.9 Å². The molecule has 414 valence electrons. The lowest BCUT2D eigenvalue weighted by atomic mass is 10.0. The van der Waals surface area contributed by atoms with Crippen molar-refractivity contribution >= 4 is 5.91 Å². The van der Waals surface area contributed by atoms with Crippen molar-refractivity contribution in [3.05, 3.63) is 36.5 Å². The normalized spacial score (nSPS) is 12.9. The van der Waals surface area contributed by atoms with E-state index in [4.69, 9.17) is 0 Å². The van der Waals surface area contributed by atoms with Gasteiger partial charge in [0.05, 0.1) is 18.8 Å². The Labute approximate surface area is 440 Å². The predicted octanol–water partition coefficient (Wildman–Crippen LogP) is 21.6. The molecule has 3 N–H and O–H groups in total. The van der Waals surface area contributed by atoms with Crippen LogP contribution in [0.2, 0.25) is 0 Å². The minimum absolute atomic E-state index is 0.0705. The molecular weight excluding hydrogens is 855 g/mol. The molecule has 0 saturated heterocycles. The van der Waals surface area contributed by atoms with Crippen molar-refractivity contribution in [3.8, 4) is 0 Å². The summed E-state index contributed by atoms with van der Waals surface area (Å²) in [6, 6.07) is -0.645. The number of aliphatic hydroxyl groups excluding tert-OH is 2. The van der Waals surface area contributed by atoms with E-state index in [9.17, 15) is 15.0 Å². The fraction of sp³-hybridized carbons (Fsp3) is 0.894. The van der Waals surface area contributed by atoms with Gasteiger partial charge in [0.1, 0.15) is 0 Å². The van der Waals surface area contributed by atoms with Gasteiger partial charge in [-0.05, 0) is 44.9 Å². The van der Waals surface area contributed by atoms with Crippen LogP contribution in [0.15, 0.2) is 36.5 Å². The van der Waals surface area contributed by atoms with Crippen molar-refractivity contribution in [1.29, 1.82) is 0 Å². The molecule has 0 fully saturated rings. The van der Waals surface area contributed by atoms with Gasteiger partial charge in [-0.15, -0.1) is 0 Å². The van der Waals surface area contributed by atoms with Gasteiger partial charge in [-0.2, -0.15) is 0 Å². The summed E-state index contributed by atoms with van der Waals surface area (Å²) in [6.07, 6.45) is 85.0. The first kappa shape index (κ1) is 68.6. The van der Waals surface area contributed by atoms with E-state index in [2.05, 4.69) is 43.5 Å². The van der Waals surface area contributed by atoms with Crippen molar-refractivity contribution in [2.45, 2.75) is 373 Å². The van der Waals surface area contributed by atoms with Crippen LogP contribution in [0, 0.1) is 0 Å². The molecule has 0 aromatic carbocycles. The average molecular weight is 983 g/mol. The van der Waals surface area contributed by atoms with Crippen molar-refractivity contribution in [2.75, 3.05) is 6.61 Å². The van der Waals surface area contributed by atoms with Crippen molar-refractivity contribution in [2.24, 2.45) is 0 Å². The summed E-state index contributed by atoms with van der Waals surface area (Å²) < 4.78 is 0. The van der Waals surface area contributed by atoms with Gasteiger partial charge in [-0.25, -0.2) is 0 Å². The van der Waals surface area contributed by atoms with E-state index in [0.717, 1.165) is 38.5 Å². The second-order valence-electron chi connectivity index (χ2n) is 22.2. The van der Waals surface area contributed by atoms with Crippen molar-refractivity contribution < 1.29 is 15.0 Å². The maximum Gasteiger partial charge on any atom is 0.220 e. The second kappa shape index (κ2) is 61.9. The van der Waals surface area contributed by atoms with E-state index in [1.54, 1.807) is 6.08 Å². The Morgan fingerprint density at radius 1 is 0.329 bits per heavy atom. The van der Waals surface area contributed by atoms with E-state index in [0.29, 0.717) is 6.42 Å². The Kier molecular flexibility index (Phi) is 60.7. The molecule has 0 aliphatic rings. The molecule has 4 heteroatoms. The van der Waals surface area contributed by atoms with Gasteiger partial charge in [0.2, 0.25) is 5.91 Å². The van der Waals surface area contributed by atoms with E-state index >= 15 is 0 Å². The number of nitrogens with one attached hydrogen (secondary N) is 1. The summed E-state index contributed by atoms with van der Waals surface area (Å²) in [5.74, 6) is -0.0705. The molecule has 0 heterocycles. The molecule has 4 nitrogen and oxygen atoms in total. The number of carbonyl (C=O) groups is 1. The van der Waals surface area contributed by atoms with Gasteiger partial charge in [0.15, 0.2) is 0 Å². The SMILES string of the molecule is CCCCCCCCCCCCCCC/C=C/CC/C=C/CC/C=C/C(O)C(CO)NC(=O)CCCCCCCCCCCCCCCCCCCCCCCCCCCCCCCCCCCCC. The summed E-state index contributed by atoms with van der Waals surface area (Å²) in [7, 11) is 0. The van der Waals surface area contributed by atoms with Crippen LogP contribution in [0.3, 0.4) is 0 Å². The van der Waals surface area contributed by atoms with Gasteiger partial charge in [-0.1, -0.05) is 346 Å². The maximum absolute atomic E-state index is 12.5. The highest BCUT2D eigenvalue weighted by molar-refractivity contribution is 5.76. The van der Waals surface area contributed by atoms with Crippen molar-refractivity contribution in [1.82, 2.24) is 5.32 Å². The number of unbranched alkanes of at least 4 members (excludes halogenated alkanes) is 49. The molecule has 0 radical (unpaired) electrons. The second-order valence-corrected chi connectivity index (χ2v) is 22.2. The summed E-state index contributed by atoms with van der Waals surface area (Å²) in [6.45, 7) is 4.34. The quantitative estimate of drug-likeness (QED) is 0.0420. The lowest BCUT2D eigenvalue weighted by Crippen LogP contribution is -2.45. The van der Waals surface area contributed by atoms with Gasteiger partial charge in [0.25, 0.3) is 0 Å². The van der Waals surface area contributed by atoms with Crippen LogP contribution in [0.1, 0.15) is 361 Å². The Balaban J connectivity index is 3.45. The molecule has 0 saturated carbocycles. The predicted molar refractivity (Wildman–Crippen MR) is 313 cm³/mol. The number of allylic oxidation sites excluding steroid dienone is 5. The number of hydrogen-bond donors (Lipinski definition) is 3. The monoisotopic (exact) mass is 982 g/mol. The average Bonchev–Trinajstić information content (AvgIpc) is 3.36. The molecule has 0 aromatic rings. The molecule has 0 aromatic heterocycles. The lowest BCUT2D eigenvalue weighted by Gasteiger charge is -2.19. The Morgan fingerprint density at radius 2 is 0.557 bits per heavy atom. The fourth-order valence-electron chi connectivity index (χ4n) is 10.2. The summed E-state index contributed by atoms with van der Waals surface area (Å²) in [4.78, 5) is 12.5. The molecule has 0 bridgehead atoms. The number of hydrogen-bond acceptors (Lipinski definition) is 3. The topological polar surface area (TPSA) is 69.6 Å². The van der Waals surface area contributed by atoms with Crippen molar-refractivity contribution in [3.63, 3.8) is 0 Å². The van der Waals surface area contributed by atoms with E-state index in [1.807, 2.05) is 6.08 Å². The van der Waals surface area contributed by atoms with E-state index in [-0.39, 0.29) is 12.5 Å². The minimum atomic E-state index is -0.870. The molecule has 2 atom stereocenters. The van der Waals surface area contributed by atoms with Crippen LogP contribution in [0.4, 0.5) is 0 Å². The number of rotatable bonds is 60. The number of aliphatic hydroxyl groups is 2. The van der Waals surface area contributed by atoms with E-state index in [1.165, 1.54) is 302 Å². The first-order chi connectivity index (χ1) is 34.7. The standard InChI is InChI=1S/C66H127NO3/c1-3-5-7-9-11-13-15-17-19-21-23-25-27-28-29-30-31-32-33-34-35-36-37-38-40-42-44-46-48-50-52-54-56-58-60-62-66(70)67-64(63-68)65(69)61-59-57-55-53-51-49-47-45-43-41-39-26-24-22-20-18-16-14-12-10-8-6-4-2/h43,45,51,53,59,61,64-65,68-69H,3-42,44,46-50,52,54-58,60,62-63H2,1-2H3,(H,67,70)/b45-43+,53-51+,61-59+. The highest BCUT2D eigenvalue weighted by Crippen LogP contribution is 2.18. The summed E-state index contributed by atoms with van der Waals surface area (Å²) in [5.41, 5.74) is 0. The molecule has 0 rings (SSSR count).